The first-order valence-electron chi connectivity index (χ1n) is 12.1. The fraction of sp³-hybridized carbons (Fsp3) is 0.407. The molecule has 36 heavy (non-hydrogen) atoms. The number of halogens is 3. The predicted octanol–water partition coefficient (Wildman–Crippen LogP) is 7.76. The van der Waals surface area contributed by atoms with Crippen LogP contribution in [-0.4, -0.2) is 26.1 Å². The summed E-state index contributed by atoms with van der Waals surface area (Å²) in [7, 11) is 0. The molecule has 0 radical (unpaired) electrons. The van der Waals surface area contributed by atoms with Gasteiger partial charge in [-0.15, -0.1) is 13.2 Å². The number of H-pyrrole nitrogens is 1. The van der Waals surface area contributed by atoms with Gasteiger partial charge in [-0.2, -0.15) is 5.10 Å². The van der Waals surface area contributed by atoms with Crippen molar-refractivity contribution in [3.05, 3.63) is 54.4 Å². The van der Waals surface area contributed by atoms with E-state index in [1.54, 1.807) is 12.1 Å². The molecular weight excluding hydrogens is 467 g/mol. The van der Waals surface area contributed by atoms with Crippen molar-refractivity contribution in [1.82, 2.24) is 19.7 Å². The number of aryl methyl sites for hydroxylation is 1. The molecule has 1 aliphatic rings. The summed E-state index contributed by atoms with van der Waals surface area (Å²) in [6, 6.07) is 12.2. The van der Waals surface area contributed by atoms with Crippen LogP contribution in [0.2, 0.25) is 0 Å². The van der Waals surface area contributed by atoms with Gasteiger partial charge in [0.1, 0.15) is 5.75 Å². The van der Waals surface area contributed by atoms with Crippen LogP contribution < -0.4 is 10.1 Å². The quantitative estimate of drug-likeness (QED) is 0.296. The lowest BCUT2D eigenvalue weighted by molar-refractivity contribution is -0.274. The zero-order valence-electron chi connectivity index (χ0n) is 20.8. The third-order valence-electron chi connectivity index (χ3n) is 6.90. The summed E-state index contributed by atoms with van der Waals surface area (Å²) >= 11 is 0. The number of benzene rings is 2. The molecule has 2 aromatic carbocycles. The summed E-state index contributed by atoms with van der Waals surface area (Å²) in [6.07, 6.45) is 0.299. The number of aromatic nitrogens is 4. The predicted molar refractivity (Wildman–Crippen MR) is 134 cm³/mol. The molecule has 2 N–H and O–H groups in total. The molecule has 6 nitrogen and oxygen atoms in total. The first-order valence-corrected chi connectivity index (χ1v) is 12.1. The Labute approximate surface area is 207 Å². The molecule has 2 aromatic heterocycles. The van der Waals surface area contributed by atoms with Gasteiger partial charge in [-0.1, -0.05) is 26.8 Å². The molecule has 1 saturated carbocycles. The Hall–Kier alpha value is -3.49. The van der Waals surface area contributed by atoms with Crippen LogP contribution in [0.4, 0.5) is 24.8 Å². The standard InChI is InChI=1S/C27H30F3N5O/c1-16-11-20(14-26(3,4)13-16)35-24-10-5-18(22-15-31-34-17(22)2)12-23(24)33-25(35)32-19-6-8-21(9-7-19)36-27(28,29)30/h5-10,12,15-16,20H,11,13-14H2,1-4H3,(H,31,34)(H,32,33). The lowest BCUT2D eigenvalue weighted by Gasteiger charge is -2.40. The number of rotatable bonds is 5. The average Bonchev–Trinajstić information content (AvgIpc) is 3.35. The molecule has 0 saturated heterocycles. The molecule has 1 aliphatic carbocycles. The van der Waals surface area contributed by atoms with Crippen LogP contribution in [0.25, 0.3) is 22.2 Å². The summed E-state index contributed by atoms with van der Waals surface area (Å²) < 4.78 is 44.0. The molecule has 1 fully saturated rings. The van der Waals surface area contributed by atoms with Gasteiger partial charge in [0.25, 0.3) is 0 Å². The van der Waals surface area contributed by atoms with Gasteiger partial charge in [-0.05, 0) is 79.5 Å². The first kappa shape index (κ1) is 24.2. The smallest absolute Gasteiger partial charge is 0.406 e. The van der Waals surface area contributed by atoms with Gasteiger partial charge < -0.3 is 14.6 Å². The molecule has 2 unspecified atom stereocenters. The number of alkyl halides is 3. The maximum absolute atomic E-state index is 12.6. The van der Waals surface area contributed by atoms with E-state index in [1.165, 1.54) is 18.6 Å². The largest absolute Gasteiger partial charge is 0.573 e. The number of hydrogen-bond acceptors (Lipinski definition) is 4. The van der Waals surface area contributed by atoms with Crippen molar-refractivity contribution in [2.24, 2.45) is 11.3 Å². The molecule has 4 aromatic rings. The van der Waals surface area contributed by atoms with E-state index >= 15 is 0 Å². The van der Waals surface area contributed by atoms with Crippen molar-refractivity contribution in [1.29, 1.82) is 0 Å². The SMILES string of the molecule is Cc1[nH]ncc1-c1ccc2c(c1)nc(Nc1ccc(OC(F)(F)F)cc1)n2C1CC(C)CC(C)(C)C1. The number of fused-ring (bicyclic) bond motifs is 1. The Morgan fingerprint density at radius 1 is 1.11 bits per heavy atom. The molecule has 9 heteroatoms. The fourth-order valence-corrected chi connectivity index (χ4v) is 5.73. The number of aromatic amines is 1. The average molecular weight is 498 g/mol. The number of ether oxygens (including phenoxy) is 1. The normalized spacial score (nSPS) is 20.0. The fourth-order valence-electron chi connectivity index (χ4n) is 5.73. The summed E-state index contributed by atoms with van der Waals surface area (Å²) in [5.41, 5.74) is 5.73. The summed E-state index contributed by atoms with van der Waals surface area (Å²) in [5.74, 6) is 0.977. The second-order valence-electron chi connectivity index (χ2n) is 10.7. The first-order chi connectivity index (χ1) is 17.0. The monoisotopic (exact) mass is 497 g/mol. The van der Waals surface area contributed by atoms with Gasteiger partial charge in [0.05, 0.1) is 17.2 Å². The van der Waals surface area contributed by atoms with E-state index in [0.717, 1.165) is 40.7 Å². The van der Waals surface area contributed by atoms with Crippen molar-refractivity contribution >= 4 is 22.7 Å². The van der Waals surface area contributed by atoms with Crippen molar-refractivity contribution < 1.29 is 17.9 Å². The van der Waals surface area contributed by atoms with Gasteiger partial charge in [-0.25, -0.2) is 4.98 Å². The van der Waals surface area contributed by atoms with Crippen LogP contribution in [0.3, 0.4) is 0 Å². The number of anilines is 2. The second-order valence-corrected chi connectivity index (χ2v) is 10.7. The van der Waals surface area contributed by atoms with E-state index in [-0.39, 0.29) is 17.2 Å². The van der Waals surface area contributed by atoms with Crippen molar-refractivity contribution in [2.75, 3.05) is 5.32 Å². The molecule has 0 bridgehead atoms. The topological polar surface area (TPSA) is 67.8 Å². The number of hydrogen-bond donors (Lipinski definition) is 2. The number of nitrogens with zero attached hydrogens (tertiary/aromatic N) is 3. The van der Waals surface area contributed by atoms with Gasteiger partial charge >= 0.3 is 6.36 Å². The Kier molecular flexibility index (Phi) is 5.97. The third kappa shape index (κ3) is 5.05. The van der Waals surface area contributed by atoms with E-state index in [9.17, 15) is 13.2 Å². The van der Waals surface area contributed by atoms with Crippen LogP contribution in [0, 0.1) is 18.3 Å². The van der Waals surface area contributed by atoms with Crippen LogP contribution in [0.1, 0.15) is 51.8 Å². The van der Waals surface area contributed by atoms with Crippen LogP contribution in [0.15, 0.2) is 48.7 Å². The maximum atomic E-state index is 12.6. The maximum Gasteiger partial charge on any atom is 0.573 e. The molecule has 2 atom stereocenters. The van der Waals surface area contributed by atoms with Crippen molar-refractivity contribution in [2.45, 2.75) is 59.4 Å². The summed E-state index contributed by atoms with van der Waals surface area (Å²) in [5, 5.41) is 10.5. The lowest BCUT2D eigenvalue weighted by atomic mass is 9.70. The van der Waals surface area contributed by atoms with Crippen molar-refractivity contribution in [3.8, 4) is 16.9 Å². The van der Waals surface area contributed by atoms with E-state index < -0.39 is 6.36 Å². The van der Waals surface area contributed by atoms with Crippen LogP contribution in [-0.2, 0) is 0 Å². The Bertz CT molecular complexity index is 1370. The summed E-state index contributed by atoms with van der Waals surface area (Å²) in [4.78, 5) is 4.95. The minimum Gasteiger partial charge on any atom is -0.406 e. The highest BCUT2D eigenvalue weighted by Crippen LogP contribution is 2.46. The summed E-state index contributed by atoms with van der Waals surface area (Å²) in [6.45, 7) is 8.89. The second kappa shape index (κ2) is 8.87. The zero-order valence-corrected chi connectivity index (χ0v) is 20.8. The third-order valence-corrected chi connectivity index (χ3v) is 6.90. The molecule has 5 rings (SSSR count). The zero-order chi connectivity index (χ0) is 25.7. The van der Waals surface area contributed by atoms with Crippen LogP contribution >= 0.6 is 0 Å². The van der Waals surface area contributed by atoms with Gasteiger partial charge in [-0.3, -0.25) is 5.10 Å². The van der Waals surface area contributed by atoms with Gasteiger partial charge in [0, 0.05) is 23.0 Å². The van der Waals surface area contributed by atoms with E-state index in [4.69, 9.17) is 4.98 Å². The Balaban J connectivity index is 1.55. The van der Waals surface area contributed by atoms with Gasteiger partial charge in [0.15, 0.2) is 0 Å². The lowest BCUT2D eigenvalue weighted by Crippen LogP contribution is -2.29. The highest BCUT2D eigenvalue weighted by molar-refractivity contribution is 5.85. The highest BCUT2D eigenvalue weighted by Gasteiger charge is 2.35. The molecule has 190 valence electrons. The molecule has 0 spiro atoms. The number of imidazole rings is 1. The highest BCUT2D eigenvalue weighted by atomic mass is 19.4. The van der Waals surface area contributed by atoms with Crippen molar-refractivity contribution in [3.63, 3.8) is 0 Å². The van der Waals surface area contributed by atoms with Gasteiger partial charge in [0.2, 0.25) is 5.95 Å². The Morgan fingerprint density at radius 2 is 1.86 bits per heavy atom. The Morgan fingerprint density at radius 3 is 2.50 bits per heavy atom. The van der Waals surface area contributed by atoms with E-state index in [1.807, 2.05) is 13.1 Å². The minimum atomic E-state index is -4.72. The van der Waals surface area contributed by atoms with Crippen LogP contribution in [0.5, 0.6) is 5.75 Å². The molecule has 0 aliphatic heterocycles. The molecule has 2 heterocycles. The molecular formula is C27H30F3N5O. The minimum absolute atomic E-state index is 0.195. The van der Waals surface area contributed by atoms with E-state index in [2.05, 4.69) is 63.8 Å². The molecule has 0 amide bonds. The number of nitrogens with one attached hydrogen (secondary N) is 2. The van der Waals surface area contributed by atoms with E-state index in [0.29, 0.717) is 17.6 Å².